The molecule has 1 unspecified atom stereocenters. The number of hydrogen-bond acceptors (Lipinski definition) is 4. The maximum atomic E-state index is 13.6. The number of carbonyl (C=O) groups excluding carboxylic acids is 1. The third-order valence-corrected chi connectivity index (χ3v) is 5.63. The summed E-state index contributed by atoms with van der Waals surface area (Å²) in [5, 5.41) is 0.860. The number of sulfonamides is 1. The first-order chi connectivity index (χ1) is 13.2. The quantitative estimate of drug-likeness (QED) is 0.525. The lowest BCUT2D eigenvalue weighted by molar-refractivity contribution is -0.147. The number of hydrogen-bond donors (Lipinski definition) is 2. The van der Waals surface area contributed by atoms with E-state index >= 15 is 0 Å². The zero-order valence-electron chi connectivity index (χ0n) is 14.4. The molecule has 0 aliphatic heterocycles. The SMILES string of the molecule is CC(NS(=O)(=O)c1cn(C)c(C(=O)Nc2c(F)cnc(F)c2F)c1Cl)C(F)(F)F. The fourth-order valence-corrected chi connectivity index (χ4v) is 4.04. The van der Waals surface area contributed by atoms with Crippen LogP contribution in [0.3, 0.4) is 0 Å². The predicted octanol–water partition coefficient (Wildman–Crippen LogP) is 2.97. The van der Waals surface area contributed by atoms with Crippen LogP contribution in [-0.4, -0.2) is 36.1 Å². The Morgan fingerprint density at radius 1 is 1.28 bits per heavy atom. The number of halogens is 7. The lowest BCUT2D eigenvalue weighted by Gasteiger charge is -2.16. The highest BCUT2D eigenvalue weighted by Crippen LogP contribution is 2.30. The Balaban J connectivity index is 2.42. The first-order valence-electron chi connectivity index (χ1n) is 7.41. The molecule has 1 atom stereocenters. The summed E-state index contributed by atoms with van der Waals surface area (Å²) in [6.45, 7) is 0.547. The van der Waals surface area contributed by atoms with Crippen LogP contribution in [0.2, 0.25) is 5.02 Å². The van der Waals surface area contributed by atoms with Crippen molar-refractivity contribution in [1.29, 1.82) is 0 Å². The number of anilines is 1. The number of carbonyl (C=O) groups is 1. The van der Waals surface area contributed by atoms with Crippen molar-refractivity contribution in [3.63, 3.8) is 0 Å². The van der Waals surface area contributed by atoms with Crippen LogP contribution in [0.25, 0.3) is 0 Å². The summed E-state index contributed by atoms with van der Waals surface area (Å²) in [7, 11) is -3.72. The minimum absolute atomic E-state index is 0.291. The number of nitrogens with one attached hydrogen (secondary N) is 2. The molecule has 0 saturated heterocycles. The lowest BCUT2D eigenvalue weighted by atomic mass is 10.3. The molecule has 2 N–H and O–H groups in total. The second-order valence-corrected chi connectivity index (χ2v) is 7.75. The van der Waals surface area contributed by atoms with Crippen molar-refractivity contribution in [2.75, 3.05) is 5.32 Å². The van der Waals surface area contributed by atoms with Crippen molar-refractivity contribution in [3.05, 3.63) is 40.7 Å². The van der Waals surface area contributed by atoms with Crippen molar-refractivity contribution < 1.29 is 39.6 Å². The van der Waals surface area contributed by atoms with Crippen molar-refractivity contribution in [2.45, 2.75) is 24.0 Å². The molecule has 2 aromatic rings. The number of aromatic nitrogens is 2. The van der Waals surface area contributed by atoms with E-state index in [-0.39, 0.29) is 0 Å². The molecule has 0 radical (unpaired) electrons. The van der Waals surface area contributed by atoms with E-state index in [1.54, 1.807) is 5.32 Å². The van der Waals surface area contributed by atoms with Gasteiger partial charge in [-0.25, -0.2) is 17.8 Å². The molecule has 0 fully saturated rings. The summed E-state index contributed by atoms with van der Waals surface area (Å²) < 4.78 is 105. The normalized spacial score (nSPS) is 13.4. The van der Waals surface area contributed by atoms with Crippen molar-refractivity contribution in [1.82, 2.24) is 14.3 Å². The van der Waals surface area contributed by atoms with Crippen LogP contribution in [0.1, 0.15) is 17.4 Å². The van der Waals surface area contributed by atoms with E-state index in [0.717, 1.165) is 17.8 Å². The van der Waals surface area contributed by atoms with Crippen LogP contribution in [0.5, 0.6) is 0 Å². The Hall–Kier alpha value is -2.32. The van der Waals surface area contributed by atoms with E-state index in [1.807, 2.05) is 0 Å². The van der Waals surface area contributed by atoms with E-state index in [0.29, 0.717) is 13.1 Å². The maximum absolute atomic E-state index is 13.6. The second-order valence-electron chi connectivity index (χ2n) is 5.69. The largest absolute Gasteiger partial charge is 0.404 e. The Bertz CT molecular complexity index is 1070. The lowest BCUT2D eigenvalue weighted by Crippen LogP contribution is -2.42. The van der Waals surface area contributed by atoms with Crippen molar-refractivity contribution in [3.8, 4) is 0 Å². The molecular formula is C14H11ClF6N4O3S. The Kier molecular flexibility index (Phi) is 6.20. The molecule has 15 heteroatoms. The molecular weight excluding hydrogens is 454 g/mol. The average Bonchev–Trinajstić information content (AvgIpc) is 2.89. The van der Waals surface area contributed by atoms with Gasteiger partial charge < -0.3 is 9.88 Å². The van der Waals surface area contributed by atoms with E-state index < -0.39 is 67.0 Å². The molecule has 7 nitrogen and oxygen atoms in total. The Morgan fingerprint density at radius 3 is 2.41 bits per heavy atom. The average molecular weight is 465 g/mol. The molecule has 29 heavy (non-hydrogen) atoms. The fourth-order valence-electron chi connectivity index (χ4n) is 2.11. The summed E-state index contributed by atoms with van der Waals surface area (Å²) in [4.78, 5) is 14.2. The van der Waals surface area contributed by atoms with Gasteiger partial charge in [-0.05, 0) is 6.92 Å². The van der Waals surface area contributed by atoms with E-state index in [1.165, 1.54) is 4.72 Å². The van der Waals surface area contributed by atoms with Crippen LogP contribution in [0.4, 0.5) is 32.0 Å². The van der Waals surface area contributed by atoms with Gasteiger partial charge >= 0.3 is 6.18 Å². The summed E-state index contributed by atoms with van der Waals surface area (Å²) in [5.74, 6) is -6.33. The molecule has 160 valence electrons. The highest BCUT2D eigenvalue weighted by atomic mass is 35.5. The van der Waals surface area contributed by atoms with Gasteiger partial charge in [-0.3, -0.25) is 4.79 Å². The van der Waals surface area contributed by atoms with Crippen molar-refractivity contribution >= 4 is 33.2 Å². The molecule has 0 saturated carbocycles. The van der Waals surface area contributed by atoms with Gasteiger partial charge in [0.05, 0.1) is 11.2 Å². The van der Waals surface area contributed by atoms with Crippen LogP contribution in [0, 0.1) is 17.6 Å². The Morgan fingerprint density at radius 2 is 1.86 bits per heavy atom. The van der Waals surface area contributed by atoms with Gasteiger partial charge in [0, 0.05) is 13.2 Å². The number of aryl methyl sites for hydroxylation is 1. The van der Waals surface area contributed by atoms with Gasteiger partial charge in [-0.2, -0.15) is 26.7 Å². The van der Waals surface area contributed by atoms with Gasteiger partial charge in [0.2, 0.25) is 15.8 Å². The van der Waals surface area contributed by atoms with E-state index in [9.17, 15) is 39.6 Å². The van der Waals surface area contributed by atoms with Crippen LogP contribution >= 0.6 is 11.6 Å². The number of amides is 1. The third-order valence-electron chi connectivity index (χ3n) is 3.58. The minimum Gasteiger partial charge on any atom is -0.344 e. The molecule has 0 aliphatic carbocycles. The highest BCUT2D eigenvalue weighted by Gasteiger charge is 2.40. The summed E-state index contributed by atoms with van der Waals surface area (Å²) in [6.07, 6.45) is -3.88. The van der Waals surface area contributed by atoms with E-state index in [4.69, 9.17) is 11.6 Å². The zero-order chi connectivity index (χ0) is 22.3. The van der Waals surface area contributed by atoms with Crippen LogP contribution < -0.4 is 10.0 Å². The molecule has 2 heterocycles. The number of rotatable bonds is 5. The second kappa shape index (κ2) is 7.84. The van der Waals surface area contributed by atoms with Gasteiger partial charge in [0.25, 0.3) is 11.9 Å². The monoisotopic (exact) mass is 464 g/mol. The van der Waals surface area contributed by atoms with E-state index in [2.05, 4.69) is 4.98 Å². The number of nitrogens with zero attached hydrogens (tertiary/aromatic N) is 2. The molecule has 1 amide bonds. The van der Waals surface area contributed by atoms with Gasteiger partial charge in [0.15, 0.2) is 5.82 Å². The minimum atomic E-state index is -4.89. The molecule has 2 rings (SSSR count). The molecule has 0 spiro atoms. The predicted molar refractivity (Wildman–Crippen MR) is 88.3 cm³/mol. The highest BCUT2D eigenvalue weighted by molar-refractivity contribution is 7.89. The number of pyridine rings is 1. The van der Waals surface area contributed by atoms with Crippen LogP contribution in [-0.2, 0) is 17.1 Å². The number of alkyl halides is 3. The summed E-state index contributed by atoms with van der Waals surface area (Å²) in [5.41, 5.74) is -1.88. The molecule has 0 aliphatic rings. The fraction of sp³-hybridized carbons (Fsp3) is 0.286. The van der Waals surface area contributed by atoms with Gasteiger partial charge in [-0.1, -0.05) is 11.6 Å². The third kappa shape index (κ3) is 4.64. The maximum Gasteiger partial charge on any atom is 0.404 e. The molecule has 0 bridgehead atoms. The first kappa shape index (κ1) is 23.0. The molecule has 0 aromatic carbocycles. The van der Waals surface area contributed by atoms with Crippen LogP contribution in [0.15, 0.2) is 17.3 Å². The van der Waals surface area contributed by atoms with Gasteiger partial charge in [0.1, 0.15) is 22.3 Å². The zero-order valence-corrected chi connectivity index (χ0v) is 16.0. The Labute approximate surface area is 164 Å². The molecule has 2 aromatic heterocycles. The van der Waals surface area contributed by atoms with Gasteiger partial charge in [-0.15, -0.1) is 0 Å². The standard InChI is InChI=1S/C14H11ClF6N4O3S/c1-5(14(19,20)21)24-29(27,28)7-4-25(2)11(8(7)15)13(26)23-10-6(16)3-22-12(18)9(10)17/h3-5,24H,1-2H3,(H,22,23,26). The topological polar surface area (TPSA) is 93.1 Å². The summed E-state index contributed by atoms with van der Waals surface area (Å²) >= 11 is 5.83. The first-order valence-corrected chi connectivity index (χ1v) is 9.27. The summed E-state index contributed by atoms with van der Waals surface area (Å²) in [6, 6.07) is -2.47. The van der Waals surface area contributed by atoms with Crippen molar-refractivity contribution in [2.24, 2.45) is 7.05 Å². The smallest absolute Gasteiger partial charge is 0.344 e.